The maximum atomic E-state index is 12.2. The largest absolute Gasteiger partial charge is 0.398 e. The maximum Gasteiger partial charge on any atom is 0.252 e. The minimum absolute atomic E-state index is 0.165. The number of hydrogen-bond acceptors (Lipinski definition) is 3. The molecule has 1 amide bonds. The molecule has 0 atom stereocenters. The molecule has 0 bridgehead atoms. The Morgan fingerprint density at radius 2 is 1.90 bits per heavy atom. The summed E-state index contributed by atoms with van der Waals surface area (Å²) >= 11 is 3.34. The van der Waals surface area contributed by atoms with Gasteiger partial charge < -0.3 is 15.8 Å². The lowest BCUT2D eigenvalue weighted by molar-refractivity contribution is 0.0949. The van der Waals surface area contributed by atoms with Crippen LogP contribution in [0.4, 0.5) is 5.69 Å². The van der Waals surface area contributed by atoms with Crippen LogP contribution in [0, 0.1) is 0 Å². The molecular formula is C16H17BrN2O2. The average molecular weight is 349 g/mol. The number of benzene rings is 2. The SMILES string of the molecule is COCc1ccccc1CNC(=O)c1cccc(N)c1Br. The number of carbonyl (C=O) groups is 1. The van der Waals surface area contributed by atoms with Crippen molar-refractivity contribution in [3.63, 3.8) is 0 Å². The van der Waals surface area contributed by atoms with Gasteiger partial charge in [0.15, 0.2) is 0 Å². The number of nitrogen functional groups attached to an aromatic ring is 1. The van der Waals surface area contributed by atoms with Gasteiger partial charge in [0.25, 0.3) is 5.91 Å². The molecule has 2 aromatic rings. The third kappa shape index (κ3) is 3.83. The van der Waals surface area contributed by atoms with Gasteiger partial charge >= 0.3 is 0 Å². The first-order chi connectivity index (χ1) is 10.1. The van der Waals surface area contributed by atoms with Gasteiger partial charge in [-0.25, -0.2) is 0 Å². The predicted octanol–water partition coefficient (Wildman–Crippen LogP) is 3.11. The highest BCUT2D eigenvalue weighted by molar-refractivity contribution is 9.10. The molecule has 0 aliphatic heterocycles. The summed E-state index contributed by atoms with van der Waals surface area (Å²) < 4.78 is 5.78. The molecule has 0 saturated heterocycles. The Morgan fingerprint density at radius 3 is 2.62 bits per heavy atom. The van der Waals surface area contributed by atoms with Crippen LogP contribution in [0.3, 0.4) is 0 Å². The monoisotopic (exact) mass is 348 g/mol. The number of nitrogens with two attached hydrogens (primary N) is 1. The standard InChI is InChI=1S/C16H17BrN2O2/c1-21-10-12-6-3-2-5-11(12)9-19-16(20)13-7-4-8-14(18)15(13)17/h2-8H,9-10,18H2,1H3,(H,19,20). The Hall–Kier alpha value is -1.85. The number of amides is 1. The van der Waals surface area contributed by atoms with E-state index in [1.54, 1.807) is 25.3 Å². The lowest BCUT2D eigenvalue weighted by Crippen LogP contribution is -2.24. The van der Waals surface area contributed by atoms with Gasteiger partial charge in [0.2, 0.25) is 0 Å². The normalized spacial score (nSPS) is 10.4. The van der Waals surface area contributed by atoms with Crippen molar-refractivity contribution in [2.24, 2.45) is 0 Å². The quantitative estimate of drug-likeness (QED) is 0.816. The summed E-state index contributed by atoms with van der Waals surface area (Å²) in [5, 5.41) is 2.90. The summed E-state index contributed by atoms with van der Waals surface area (Å²) in [5.74, 6) is -0.165. The van der Waals surface area contributed by atoms with Crippen LogP contribution in [0.15, 0.2) is 46.9 Å². The van der Waals surface area contributed by atoms with E-state index < -0.39 is 0 Å². The second kappa shape index (κ2) is 7.24. The fourth-order valence-corrected chi connectivity index (χ4v) is 2.47. The van der Waals surface area contributed by atoms with Gasteiger partial charge in [-0.05, 0) is 39.2 Å². The molecule has 2 aromatic carbocycles. The zero-order chi connectivity index (χ0) is 15.2. The van der Waals surface area contributed by atoms with Gasteiger partial charge in [-0.2, -0.15) is 0 Å². The smallest absolute Gasteiger partial charge is 0.252 e. The van der Waals surface area contributed by atoms with E-state index in [0.29, 0.717) is 28.9 Å². The Balaban J connectivity index is 2.09. The Kier molecular flexibility index (Phi) is 5.36. The van der Waals surface area contributed by atoms with Gasteiger partial charge in [-0.1, -0.05) is 30.3 Å². The first-order valence-corrected chi connectivity index (χ1v) is 7.30. The van der Waals surface area contributed by atoms with Crippen molar-refractivity contribution < 1.29 is 9.53 Å². The summed E-state index contributed by atoms with van der Waals surface area (Å²) in [7, 11) is 1.65. The molecule has 0 aliphatic rings. The molecule has 0 aliphatic carbocycles. The second-order valence-corrected chi connectivity index (χ2v) is 5.39. The lowest BCUT2D eigenvalue weighted by atomic mass is 10.1. The number of carbonyl (C=O) groups excluding carboxylic acids is 1. The molecule has 0 aromatic heterocycles. The molecule has 0 fully saturated rings. The molecule has 0 heterocycles. The van der Waals surface area contributed by atoms with Crippen LogP contribution in [-0.4, -0.2) is 13.0 Å². The molecule has 0 radical (unpaired) electrons. The number of rotatable bonds is 5. The lowest BCUT2D eigenvalue weighted by Gasteiger charge is -2.11. The topological polar surface area (TPSA) is 64.3 Å². The third-order valence-electron chi connectivity index (χ3n) is 3.13. The molecule has 0 unspecified atom stereocenters. The van der Waals surface area contributed by atoms with Crippen LogP contribution in [0.5, 0.6) is 0 Å². The van der Waals surface area contributed by atoms with Crippen LogP contribution in [0.25, 0.3) is 0 Å². The maximum absolute atomic E-state index is 12.2. The van der Waals surface area contributed by atoms with E-state index in [2.05, 4.69) is 21.2 Å². The molecule has 0 spiro atoms. The summed E-state index contributed by atoms with van der Waals surface area (Å²) in [6, 6.07) is 13.1. The number of nitrogens with one attached hydrogen (secondary N) is 1. The molecule has 4 nitrogen and oxygen atoms in total. The zero-order valence-corrected chi connectivity index (χ0v) is 13.3. The van der Waals surface area contributed by atoms with Gasteiger partial charge in [0.05, 0.1) is 16.6 Å². The van der Waals surface area contributed by atoms with Crippen molar-refractivity contribution in [1.29, 1.82) is 0 Å². The number of anilines is 1. The minimum Gasteiger partial charge on any atom is -0.398 e. The summed E-state index contributed by atoms with van der Waals surface area (Å²) in [4.78, 5) is 12.2. The first kappa shape index (κ1) is 15.5. The molecular weight excluding hydrogens is 332 g/mol. The van der Waals surface area contributed by atoms with E-state index in [0.717, 1.165) is 11.1 Å². The highest BCUT2D eigenvalue weighted by Gasteiger charge is 2.12. The van der Waals surface area contributed by atoms with E-state index in [-0.39, 0.29) is 5.91 Å². The fraction of sp³-hybridized carbons (Fsp3) is 0.188. The predicted molar refractivity (Wildman–Crippen MR) is 86.9 cm³/mol. The van der Waals surface area contributed by atoms with Crippen molar-refractivity contribution in [2.45, 2.75) is 13.2 Å². The van der Waals surface area contributed by atoms with Crippen molar-refractivity contribution in [3.8, 4) is 0 Å². The van der Waals surface area contributed by atoms with Gasteiger partial charge in [0, 0.05) is 19.3 Å². The number of ether oxygens (including phenoxy) is 1. The van der Waals surface area contributed by atoms with E-state index in [1.165, 1.54) is 0 Å². The first-order valence-electron chi connectivity index (χ1n) is 6.51. The second-order valence-electron chi connectivity index (χ2n) is 4.59. The Labute approximate surface area is 132 Å². The number of hydrogen-bond donors (Lipinski definition) is 2. The third-order valence-corrected chi connectivity index (χ3v) is 4.02. The number of methoxy groups -OCH3 is 1. The van der Waals surface area contributed by atoms with Crippen molar-refractivity contribution in [1.82, 2.24) is 5.32 Å². The highest BCUT2D eigenvalue weighted by Crippen LogP contribution is 2.23. The Morgan fingerprint density at radius 1 is 1.19 bits per heavy atom. The summed E-state index contributed by atoms with van der Waals surface area (Å²) in [6.07, 6.45) is 0. The van der Waals surface area contributed by atoms with E-state index in [1.807, 2.05) is 24.3 Å². The van der Waals surface area contributed by atoms with Crippen molar-refractivity contribution in [3.05, 3.63) is 63.6 Å². The van der Waals surface area contributed by atoms with Gasteiger partial charge in [-0.15, -0.1) is 0 Å². The van der Waals surface area contributed by atoms with E-state index >= 15 is 0 Å². The fourth-order valence-electron chi connectivity index (χ4n) is 2.02. The van der Waals surface area contributed by atoms with Crippen LogP contribution in [0.1, 0.15) is 21.5 Å². The highest BCUT2D eigenvalue weighted by atomic mass is 79.9. The van der Waals surface area contributed by atoms with E-state index in [9.17, 15) is 4.79 Å². The van der Waals surface area contributed by atoms with Crippen LogP contribution >= 0.6 is 15.9 Å². The van der Waals surface area contributed by atoms with Gasteiger partial charge in [0.1, 0.15) is 0 Å². The van der Waals surface area contributed by atoms with Crippen molar-refractivity contribution in [2.75, 3.05) is 12.8 Å². The molecule has 21 heavy (non-hydrogen) atoms. The molecule has 110 valence electrons. The zero-order valence-electron chi connectivity index (χ0n) is 11.7. The number of halogens is 1. The van der Waals surface area contributed by atoms with Crippen molar-refractivity contribution >= 4 is 27.5 Å². The molecule has 2 rings (SSSR count). The van der Waals surface area contributed by atoms with E-state index in [4.69, 9.17) is 10.5 Å². The van der Waals surface area contributed by atoms with Gasteiger partial charge in [-0.3, -0.25) is 4.79 Å². The molecule has 5 heteroatoms. The summed E-state index contributed by atoms with van der Waals surface area (Å²) in [5.41, 5.74) is 8.95. The minimum atomic E-state index is -0.165. The molecule has 3 N–H and O–H groups in total. The van der Waals surface area contributed by atoms with Crippen LogP contribution in [0.2, 0.25) is 0 Å². The Bertz CT molecular complexity index is 644. The van der Waals surface area contributed by atoms with Crippen LogP contribution in [-0.2, 0) is 17.9 Å². The molecule has 0 saturated carbocycles. The average Bonchev–Trinajstić information content (AvgIpc) is 2.49. The van der Waals surface area contributed by atoms with Crippen LogP contribution < -0.4 is 11.1 Å². The summed E-state index contributed by atoms with van der Waals surface area (Å²) in [6.45, 7) is 0.966.